The highest BCUT2D eigenvalue weighted by molar-refractivity contribution is 6.17. The molecule has 0 aliphatic heterocycles. The van der Waals surface area contributed by atoms with Crippen molar-refractivity contribution in [2.24, 2.45) is 5.92 Å². The highest BCUT2D eigenvalue weighted by Crippen LogP contribution is 2.30. The third-order valence-electron chi connectivity index (χ3n) is 2.31. The zero-order valence-corrected chi connectivity index (χ0v) is 7.32. The van der Waals surface area contributed by atoms with Crippen LogP contribution in [0.4, 0.5) is 0 Å². The number of allylic oxidation sites excluding steroid dienone is 2. The molecule has 0 amide bonds. The Morgan fingerprint density at radius 1 is 1.70 bits per heavy atom. The number of halogens is 1. The molecule has 0 aromatic rings. The van der Waals surface area contributed by atoms with Gasteiger partial charge in [-0.3, -0.25) is 0 Å². The summed E-state index contributed by atoms with van der Waals surface area (Å²) in [5, 5.41) is 0. The molecule has 1 aliphatic carbocycles. The van der Waals surface area contributed by atoms with Gasteiger partial charge < -0.3 is 0 Å². The standard InChI is InChI=1S/C9H15Cl/c1-2-8(6-7-10)9-4-3-5-9/h4,8H,2-3,5-7H2,1H3. The van der Waals surface area contributed by atoms with Gasteiger partial charge in [0, 0.05) is 5.88 Å². The Hall–Kier alpha value is 0.0300. The minimum atomic E-state index is 0.797. The van der Waals surface area contributed by atoms with Crippen molar-refractivity contribution in [1.82, 2.24) is 0 Å². The molecule has 0 radical (unpaired) electrons. The Labute approximate surface area is 68.3 Å². The van der Waals surface area contributed by atoms with E-state index in [1.54, 1.807) is 5.57 Å². The van der Waals surface area contributed by atoms with Gasteiger partial charge in [-0.05, 0) is 31.6 Å². The lowest BCUT2D eigenvalue weighted by atomic mass is 9.84. The van der Waals surface area contributed by atoms with E-state index in [2.05, 4.69) is 13.0 Å². The SMILES string of the molecule is CCC(CCCl)C1=CCC1. The third-order valence-corrected chi connectivity index (χ3v) is 2.53. The molecule has 1 rings (SSSR count). The van der Waals surface area contributed by atoms with Crippen molar-refractivity contribution in [3.8, 4) is 0 Å². The normalized spacial score (nSPS) is 19.6. The maximum Gasteiger partial charge on any atom is 0.0229 e. The van der Waals surface area contributed by atoms with Crippen LogP contribution in [0.15, 0.2) is 11.6 Å². The van der Waals surface area contributed by atoms with Gasteiger partial charge in [-0.15, -0.1) is 11.6 Å². The molecule has 1 heteroatoms. The van der Waals surface area contributed by atoms with Gasteiger partial charge in [0.05, 0.1) is 0 Å². The van der Waals surface area contributed by atoms with Crippen molar-refractivity contribution >= 4 is 11.6 Å². The van der Waals surface area contributed by atoms with Crippen LogP contribution in [0.2, 0.25) is 0 Å². The second kappa shape index (κ2) is 4.02. The summed E-state index contributed by atoms with van der Waals surface area (Å²) in [6.07, 6.45) is 7.42. The summed E-state index contributed by atoms with van der Waals surface area (Å²) in [5.74, 6) is 1.61. The Morgan fingerprint density at radius 2 is 2.40 bits per heavy atom. The van der Waals surface area contributed by atoms with E-state index in [9.17, 15) is 0 Å². The molecule has 0 heterocycles. The fourth-order valence-electron chi connectivity index (χ4n) is 1.47. The van der Waals surface area contributed by atoms with Crippen LogP contribution < -0.4 is 0 Å². The molecule has 10 heavy (non-hydrogen) atoms. The zero-order valence-electron chi connectivity index (χ0n) is 6.57. The van der Waals surface area contributed by atoms with Crippen LogP contribution >= 0.6 is 11.6 Å². The zero-order chi connectivity index (χ0) is 7.40. The van der Waals surface area contributed by atoms with E-state index in [1.807, 2.05) is 0 Å². The van der Waals surface area contributed by atoms with Gasteiger partial charge in [0.1, 0.15) is 0 Å². The molecule has 0 saturated carbocycles. The van der Waals surface area contributed by atoms with Gasteiger partial charge >= 0.3 is 0 Å². The predicted octanol–water partition coefficient (Wildman–Crippen LogP) is 3.36. The second-order valence-electron chi connectivity index (χ2n) is 2.90. The molecule has 1 aliphatic rings. The number of rotatable bonds is 4. The monoisotopic (exact) mass is 158 g/mol. The van der Waals surface area contributed by atoms with Crippen LogP contribution in [-0.4, -0.2) is 5.88 Å². The van der Waals surface area contributed by atoms with Crippen molar-refractivity contribution in [3.05, 3.63) is 11.6 Å². The van der Waals surface area contributed by atoms with Gasteiger partial charge in [-0.2, -0.15) is 0 Å². The summed E-state index contributed by atoms with van der Waals surface area (Å²) >= 11 is 5.67. The van der Waals surface area contributed by atoms with E-state index >= 15 is 0 Å². The van der Waals surface area contributed by atoms with Crippen molar-refractivity contribution in [3.63, 3.8) is 0 Å². The summed E-state index contributed by atoms with van der Waals surface area (Å²) < 4.78 is 0. The van der Waals surface area contributed by atoms with Crippen molar-refractivity contribution in [2.45, 2.75) is 32.6 Å². The first-order valence-corrected chi connectivity index (χ1v) is 4.66. The lowest BCUT2D eigenvalue weighted by Gasteiger charge is -2.23. The first-order valence-electron chi connectivity index (χ1n) is 4.13. The number of hydrogen-bond acceptors (Lipinski definition) is 0. The molecular weight excluding hydrogens is 144 g/mol. The van der Waals surface area contributed by atoms with E-state index in [-0.39, 0.29) is 0 Å². The van der Waals surface area contributed by atoms with Crippen LogP contribution in [-0.2, 0) is 0 Å². The lowest BCUT2D eigenvalue weighted by molar-refractivity contribution is 0.530. The fraction of sp³-hybridized carbons (Fsp3) is 0.778. The molecule has 0 N–H and O–H groups in total. The highest BCUT2D eigenvalue weighted by Gasteiger charge is 2.15. The smallest absolute Gasteiger partial charge is 0.0229 e. The maximum atomic E-state index is 5.67. The van der Waals surface area contributed by atoms with Gasteiger partial charge in [0.2, 0.25) is 0 Å². The molecule has 0 nitrogen and oxygen atoms in total. The highest BCUT2D eigenvalue weighted by atomic mass is 35.5. The van der Waals surface area contributed by atoms with E-state index < -0.39 is 0 Å². The molecule has 58 valence electrons. The van der Waals surface area contributed by atoms with Crippen molar-refractivity contribution in [2.75, 3.05) is 5.88 Å². The van der Waals surface area contributed by atoms with Crippen LogP contribution in [0.5, 0.6) is 0 Å². The molecule has 0 bridgehead atoms. The molecule has 1 unspecified atom stereocenters. The topological polar surface area (TPSA) is 0 Å². The fourth-order valence-corrected chi connectivity index (χ4v) is 1.73. The van der Waals surface area contributed by atoms with E-state index in [0.29, 0.717) is 0 Å². The summed E-state index contributed by atoms with van der Waals surface area (Å²) in [7, 11) is 0. The van der Waals surface area contributed by atoms with Crippen molar-refractivity contribution in [1.29, 1.82) is 0 Å². The first-order chi connectivity index (χ1) is 4.88. The largest absolute Gasteiger partial charge is 0.127 e. The maximum absolute atomic E-state index is 5.67. The molecule has 0 spiro atoms. The summed E-state index contributed by atoms with van der Waals surface area (Å²) in [6.45, 7) is 2.25. The minimum absolute atomic E-state index is 0.797. The molecule has 1 atom stereocenters. The third kappa shape index (κ3) is 1.76. The summed E-state index contributed by atoms with van der Waals surface area (Å²) in [4.78, 5) is 0. The lowest BCUT2D eigenvalue weighted by Crippen LogP contribution is -2.08. The van der Waals surface area contributed by atoms with E-state index in [4.69, 9.17) is 11.6 Å². The van der Waals surface area contributed by atoms with Crippen LogP contribution in [0.25, 0.3) is 0 Å². The van der Waals surface area contributed by atoms with E-state index in [1.165, 1.54) is 25.7 Å². The van der Waals surface area contributed by atoms with Crippen LogP contribution in [0.1, 0.15) is 32.6 Å². The van der Waals surface area contributed by atoms with Crippen LogP contribution in [0, 0.1) is 5.92 Å². The van der Waals surface area contributed by atoms with Gasteiger partial charge in [-0.1, -0.05) is 18.6 Å². The quantitative estimate of drug-likeness (QED) is 0.435. The van der Waals surface area contributed by atoms with Crippen LogP contribution in [0.3, 0.4) is 0 Å². The van der Waals surface area contributed by atoms with Gasteiger partial charge in [0.15, 0.2) is 0 Å². The minimum Gasteiger partial charge on any atom is -0.127 e. The Bertz CT molecular complexity index is 127. The second-order valence-corrected chi connectivity index (χ2v) is 3.28. The average molecular weight is 159 g/mol. The number of hydrogen-bond donors (Lipinski definition) is 0. The van der Waals surface area contributed by atoms with Gasteiger partial charge in [0.25, 0.3) is 0 Å². The molecule has 0 aromatic carbocycles. The number of alkyl halides is 1. The molecule has 0 fully saturated rings. The Morgan fingerprint density at radius 3 is 2.70 bits per heavy atom. The molecular formula is C9H15Cl. The molecule has 0 aromatic heterocycles. The first kappa shape index (κ1) is 8.13. The predicted molar refractivity (Wildman–Crippen MR) is 46.4 cm³/mol. The van der Waals surface area contributed by atoms with E-state index in [0.717, 1.165) is 11.8 Å². The summed E-state index contributed by atoms with van der Waals surface area (Å²) in [6, 6.07) is 0. The Balaban J connectivity index is 2.32. The van der Waals surface area contributed by atoms with Crippen molar-refractivity contribution < 1.29 is 0 Å². The van der Waals surface area contributed by atoms with Gasteiger partial charge in [-0.25, -0.2) is 0 Å². The Kier molecular flexibility index (Phi) is 3.27. The average Bonchev–Trinajstić information content (AvgIpc) is 1.83. The summed E-state index contributed by atoms with van der Waals surface area (Å²) in [5.41, 5.74) is 1.66. The molecule has 0 saturated heterocycles.